The first-order valence-corrected chi connectivity index (χ1v) is 11.1. The summed E-state index contributed by atoms with van der Waals surface area (Å²) in [5.74, 6) is -0.250. The molecule has 0 saturated carbocycles. The molecule has 0 aliphatic heterocycles. The summed E-state index contributed by atoms with van der Waals surface area (Å²) < 4.78 is 44.4. The number of benzene rings is 3. The lowest BCUT2D eigenvalue weighted by molar-refractivity contribution is -0.137. The fourth-order valence-electron chi connectivity index (χ4n) is 3.70. The Morgan fingerprint density at radius 3 is 1.86 bits per heavy atom. The van der Waals surface area contributed by atoms with Crippen molar-refractivity contribution < 1.29 is 27.5 Å². The highest BCUT2D eigenvalue weighted by atomic mass is 35.5. The van der Waals surface area contributed by atoms with Gasteiger partial charge in [0.1, 0.15) is 5.75 Å². The largest absolute Gasteiger partial charge is 0.497 e. The van der Waals surface area contributed by atoms with E-state index in [1.807, 2.05) is 0 Å². The first-order chi connectivity index (χ1) is 17.1. The lowest BCUT2D eigenvalue weighted by Crippen LogP contribution is -2.12. The number of methoxy groups -OCH3 is 1. The van der Waals surface area contributed by atoms with Gasteiger partial charge in [0.25, 0.3) is 0 Å². The van der Waals surface area contributed by atoms with Gasteiger partial charge in [-0.2, -0.15) is 13.2 Å². The van der Waals surface area contributed by atoms with Crippen molar-refractivity contribution in [3.63, 3.8) is 0 Å². The van der Waals surface area contributed by atoms with Gasteiger partial charge in [-0.15, -0.1) is 0 Å². The van der Waals surface area contributed by atoms with Crippen LogP contribution in [0.4, 0.5) is 13.2 Å². The van der Waals surface area contributed by atoms with Crippen molar-refractivity contribution in [3.8, 4) is 17.0 Å². The van der Waals surface area contributed by atoms with Gasteiger partial charge >= 0.3 is 6.18 Å². The molecule has 0 radical (unpaired) electrons. The maximum atomic E-state index is 13.5. The maximum Gasteiger partial charge on any atom is 0.416 e. The maximum absolute atomic E-state index is 13.5. The number of aryl methyl sites for hydroxylation is 1. The molecule has 36 heavy (non-hydrogen) atoms. The Hall–Kier alpha value is -3.97. The van der Waals surface area contributed by atoms with Crippen LogP contribution < -0.4 is 4.74 Å². The minimum atomic E-state index is -4.50. The summed E-state index contributed by atoms with van der Waals surface area (Å²) in [5.41, 5.74) is 0.946. The minimum absolute atomic E-state index is 0.0860. The first kappa shape index (κ1) is 25.1. The van der Waals surface area contributed by atoms with Crippen LogP contribution in [0.3, 0.4) is 0 Å². The molecule has 0 atom stereocenters. The van der Waals surface area contributed by atoms with E-state index in [0.717, 1.165) is 12.1 Å². The van der Waals surface area contributed by atoms with Crippen molar-refractivity contribution in [1.29, 1.82) is 0 Å². The fourth-order valence-corrected chi connectivity index (χ4v) is 3.83. The van der Waals surface area contributed by atoms with Crippen LogP contribution >= 0.6 is 11.6 Å². The molecule has 0 N–H and O–H groups in total. The summed E-state index contributed by atoms with van der Waals surface area (Å²) >= 11 is 5.93. The molecule has 0 saturated heterocycles. The second-order valence-electron chi connectivity index (χ2n) is 7.99. The first-order valence-electron chi connectivity index (χ1n) is 10.8. The lowest BCUT2D eigenvalue weighted by Gasteiger charge is -2.14. The van der Waals surface area contributed by atoms with Gasteiger partial charge in [-0.25, -0.2) is 0 Å². The van der Waals surface area contributed by atoms with E-state index in [2.05, 4.69) is 4.98 Å². The molecule has 1 aromatic heterocycles. The van der Waals surface area contributed by atoms with Gasteiger partial charge in [0, 0.05) is 38.5 Å². The monoisotopic (exact) mass is 509 g/mol. The number of halogens is 4. The number of hydrogen-bond acceptors (Lipinski definition) is 4. The van der Waals surface area contributed by atoms with Gasteiger partial charge in [-0.3, -0.25) is 14.6 Å². The van der Waals surface area contributed by atoms with Crippen molar-refractivity contribution in [2.75, 3.05) is 7.11 Å². The van der Waals surface area contributed by atoms with E-state index in [9.17, 15) is 22.8 Å². The molecule has 0 unspecified atom stereocenters. The molecule has 0 amide bonds. The van der Waals surface area contributed by atoms with Gasteiger partial charge in [-0.05, 0) is 73.7 Å². The van der Waals surface area contributed by atoms with Crippen molar-refractivity contribution in [1.82, 2.24) is 4.98 Å². The summed E-state index contributed by atoms with van der Waals surface area (Å²) in [5, 5.41) is 0.467. The minimum Gasteiger partial charge on any atom is -0.497 e. The Labute approximate surface area is 210 Å². The van der Waals surface area contributed by atoms with Crippen LogP contribution in [0, 0.1) is 6.92 Å². The number of hydrogen-bond donors (Lipinski definition) is 0. The molecule has 0 fully saturated rings. The number of ether oxygens (including phenoxy) is 1. The molecule has 182 valence electrons. The summed E-state index contributed by atoms with van der Waals surface area (Å²) in [7, 11) is 1.50. The Kier molecular flexibility index (Phi) is 6.95. The number of carbonyl (C=O) groups is 2. The van der Waals surface area contributed by atoms with Gasteiger partial charge in [0.05, 0.1) is 18.4 Å². The number of alkyl halides is 3. The number of aromatic nitrogens is 1. The zero-order chi connectivity index (χ0) is 26.0. The van der Waals surface area contributed by atoms with E-state index in [4.69, 9.17) is 16.3 Å². The molecular formula is C28H19ClF3NO3. The molecule has 4 nitrogen and oxygen atoms in total. The quantitative estimate of drug-likeness (QED) is 0.258. The van der Waals surface area contributed by atoms with E-state index >= 15 is 0 Å². The predicted octanol–water partition coefficient (Wildman–Crippen LogP) is 7.20. The molecule has 0 bridgehead atoms. The average Bonchev–Trinajstić information content (AvgIpc) is 2.88. The highest BCUT2D eigenvalue weighted by molar-refractivity contribution is 6.30. The van der Waals surface area contributed by atoms with Crippen LogP contribution in [0.1, 0.15) is 43.1 Å². The zero-order valence-electron chi connectivity index (χ0n) is 19.2. The molecule has 0 aliphatic carbocycles. The van der Waals surface area contributed by atoms with Gasteiger partial charge < -0.3 is 4.74 Å². The normalized spacial score (nSPS) is 11.3. The van der Waals surface area contributed by atoms with E-state index in [-0.39, 0.29) is 22.6 Å². The van der Waals surface area contributed by atoms with Crippen LogP contribution in [0.5, 0.6) is 5.75 Å². The number of ketones is 2. The summed E-state index contributed by atoms with van der Waals surface area (Å²) in [6, 6.07) is 18.5. The lowest BCUT2D eigenvalue weighted by atomic mass is 9.93. The topological polar surface area (TPSA) is 56.3 Å². The molecule has 3 aromatic carbocycles. The number of carbonyl (C=O) groups excluding carboxylic acids is 2. The van der Waals surface area contributed by atoms with Gasteiger partial charge in [0.15, 0.2) is 11.6 Å². The SMILES string of the molecule is COc1ccc(C(=O)c2cc(C(=O)c3ccc(Cl)cc3)c(C)nc2-c2ccc(C(F)(F)F)cc2)cc1. The third-order valence-corrected chi connectivity index (χ3v) is 5.90. The third kappa shape index (κ3) is 5.16. The molecule has 0 aliphatic rings. The second-order valence-corrected chi connectivity index (χ2v) is 8.42. The van der Waals surface area contributed by atoms with Crippen molar-refractivity contribution >= 4 is 23.2 Å². The molecular weight excluding hydrogens is 491 g/mol. The average molecular weight is 510 g/mol. The van der Waals surface area contributed by atoms with Crippen LogP contribution in [0.15, 0.2) is 78.9 Å². The van der Waals surface area contributed by atoms with E-state index < -0.39 is 17.5 Å². The molecule has 8 heteroatoms. The van der Waals surface area contributed by atoms with Crippen molar-refractivity contribution in [3.05, 3.63) is 117 Å². The fraction of sp³-hybridized carbons (Fsp3) is 0.107. The Balaban J connectivity index is 1.86. The number of pyridine rings is 1. The molecule has 4 rings (SSSR count). The van der Waals surface area contributed by atoms with Crippen LogP contribution in [0.25, 0.3) is 11.3 Å². The van der Waals surface area contributed by atoms with E-state index in [1.165, 1.54) is 25.3 Å². The summed E-state index contributed by atoms with van der Waals surface area (Å²) in [6.07, 6.45) is -4.50. The van der Waals surface area contributed by atoms with E-state index in [0.29, 0.717) is 33.2 Å². The van der Waals surface area contributed by atoms with Gasteiger partial charge in [0.2, 0.25) is 0 Å². The summed E-state index contributed by atoms with van der Waals surface area (Å²) in [6.45, 7) is 1.61. The highest BCUT2D eigenvalue weighted by Gasteiger charge is 2.30. The van der Waals surface area contributed by atoms with Crippen molar-refractivity contribution in [2.45, 2.75) is 13.1 Å². The van der Waals surface area contributed by atoms with Crippen molar-refractivity contribution in [2.24, 2.45) is 0 Å². The van der Waals surface area contributed by atoms with Crippen LogP contribution in [-0.2, 0) is 6.18 Å². The van der Waals surface area contributed by atoms with Crippen LogP contribution in [-0.4, -0.2) is 23.7 Å². The number of rotatable bonds is 6. The Morgan fingerprint density at radius 1 is 0.806 bits per heavy atom. The third-order valence-electron chi connectivity index (χ3n) is 5.65. The Bertz CT molecular complexity index is 1430. The molecule has 0 spiro atoms. The standard InChI is InChI=1S/C28H19ClF3NO3/c1-16-23(26(34)18-5-11-21(29)12-6-18)15-24(27(35)19-7-13-22(36-2)14-8-19)25(33-16)17-3-9-20(10-4-17)28(30,31)32/h3-15H,1-2H3. The zero-order valence-corrected chi connectivity index (χ0v) is 19.9. The Morgan fingerprint density at radius 2 is 1.33 bits per heavy atom. The predicted molar refractivity (Wildman–Crippen MR) is 131 cm³/mol. The smallest absolute Gasteiger partial charge is 0.416 e. The highest BCUT2D eigenvalue weighted by Crippen LogP contribution is 2.33. The summed E-state index contributed by atoms with van der Waals surface area (Å²) in [4.78, 5) is 31.3. The molecule has 4 aromatic rings. The molecule has 1 heterocycles. The van der Waals surface area contributed by atoms with Gasteiger partial charge in [-0.1, -0.05) is 23.7 Å². The second kappa shape index (κ2) is 9.95. The number of nitrogens with zero attached hydrogens (tertiary/aromatic N) is 1. The van der Waals surface area contributed by atoms with E-state index in [1.54, 1.807) is 55.5 Å². The van der Waals surface area contributed by atoms with Crippen LogP contribution in [0.2, 0.25) is 5.02 Å².